The van der Waals surface area contributed by atoms with Crippen LogP contribution in [0.4, 0.5) is 0 Å². The van der Waals surface area contributed by atoms with E-state index in [4.69, 9.17) is 16.3 Å². The van der Waals surface area contributed by atoms with E-state index in [0.717, 1.165) is 16.5 Å². The van der Waals surface area contributed by atoms with E-state index in [0.29, 0.717) is 16.3 Å². The summed E-state index contributed by atoms with van der Waals surface area (Å²) in [4.78, 5) is 28.1. The number of rotatable bonds is 5. The normalized spacial score (nSPS) is 10.5. The first kappa shape index (κ1) is 17.9. The maximum Gasteiger partial charge on any atom is 0.325 e. The second-order valence-electron chi connectivity index (χ2n) is 5.84. The number of fused-ring (bicyclic) bond motifs is 1. The topological polar surface area (TPSA) is 68.3 Å². The molecule has 6 heteroatoms. The number of pyridine rings is 1. The summed E-state index contributed by atoms with van der Waals surface area (Å²) in [5, 5.41) is 3.74. The smallest absolute Gasteiger partial charge is 0.325 e. The number of para-hydroxylation sites is 1. The van der Waals surface area contributed by atoms with E-state index in [9.17, 15) is 9.59 Å². The summed E-state index contributed by atoms with van der Waals surface area (Å²) in [5.41, 5.74) is 2.94. The minimum Gasteiger partial charge on any atom is -0.459 e. The van der Waals surface area contributed by atoms with Gasteiger partial charge in [0.2, 0.25) is 0 Å². The molecule has 1 heterocycles. The zero-order valence-electron chi connectivity index (χ0n) is 14.2. The molecule has 0 fully saturated rings. The summed E-state index contributed by atoms with van der Waals surface area (Å²) < 4.78 is 5.19. The van der Waals surface area contributed by atoms with Crippen molar-refractivity contribution in [2.24, 2.45) is 0 Å². The minimum absolute atomic E-state index is 0.00406. The number of amides is 1. The van der Waals surface area contributed by atoms with Crippen molar-refractivity contribution in [2.45, 2.75) is 13.5 Å². The molecule has 0 aliphatic rings. The van der Waals surface area contributed by atoms with Crippen molar-refractivity contribution in [1.29, 1.82) is 0 Å². The van der Waals surface area contributed by atoms with Gasteiger partial charge in [-0.05, 0) is 31.2 Å². The van der Waals surface area contributed by atoms with Gasteiger partial charge in [0.1, 0.15) is 18.3 Å². The number of carbonyl (C=O) groups is 2. The zero-order valence-corrected chi connectivity index (χ0v) is 14.9. The number of ether oxygens (including phenoxy) is 1. The molecule has 0 atom stereocenters. The average Bonchev–Trinajstić information content (AvgIpc) is 2.65. The van der Waals surface area contributed by atoms with Crippen molar-refractivity contribution in [1.82, 2.24) is 10.3 Å². The van der Waals surface area contributed by atoms with Gasteiger partial charge in [0, 0.05) is 16.5 Å². The van der Waals surface area contributed by atoms with Crippen molar-refractivity contribution >= 4 is 34.4 Å². The van der Waals surface area contributed by atoms with Gasteiger partial charge >= 0.3 is 5.97 Å². The lowest BCUT2D eigenvalue weighted by molar-refractivity contribution is -0.143. The number of aromatic nitrogens is 1. The molecule has 0 radical (unpaired) electrons. The number of nitrogens with zero attached hydrogens (tertiary/aromatic N) is 1. The number of benzene rings is 2. The molecule has 1 aromatic heterocycles. The Balaban J connectivity index is 1.55. The van der Waals surface area contributed by atoms with Gasteiger partial charge in [-0.2, -0.15) is 0 Å². The SMILES string of the molecule is Cc1ccc(C(=O)NCC(=O)OCc2cc3ccccc3nc2Cl)cc1. The van der Waals surface area contributed by atoms with Crippen LogP contribution >= 0.6 is 11.6 Å². The van der Waals surface area contributed by atoms with Crippen molar-refractivity contribution in [3.63, 3.8) is 0 Å². The van der Waals surface area contributed by atoms with Crippen LogP contribution in [0, 0.1) is 6.92 Å². The monoisotopic (exact) mass is 368 g/mol. The number of aryl methyl sites for hydroxylation is 1. The van der Waals surface area contributed by atoms with Crippen LogP contribution in [-0.4, -0.2) is 23.4 Å². The van der Waals surface area contributed by atoms with Gasteiger partial charge in [-0.25, -0.2) is 4.98 Å². The lowest BCUT2D eigenvalue weighted by Crippen LogP contribution is -2.30. The number of hydrogen-bond donors (Lipinski definition) is 1. The Labute approximate surface area is 156 Å². The molecule has 0 aliphatic carbocycles. The maximum atomic E-state index is 12.0. The molecule has 5 nitrogen and oxygen atoms in total. The number of esters is 1. The van der Waals surface area contributed by atoms with Crippen LogP contribution in [0.1, 0.15) is 21.5 Å². The van der Waals surface area contributed by atoms with Crippen molar-refractivity contribution < 1.29 is 14.3 Å². The minimum atomic E-state index is -0.547. The molecule has 0 unspecified atom stereocenters. The van der Waals surface area contributed by atoms with E-state index in [1.807, 2.05) is 49.4 Å². The molecule has 0 aliphatic heterocycles. The molecule has 2 aromatic carbocycles. The van der Waals surface area contributed by atoms with Gasteiger partial charge in [-0.1, -0.05) is 47.5 Å². The number of carbonyl (C=O) groups excluding carboxylic acids is 2. The number of nitrogens with one attached hydrogen (secondary N) is 1. The van der Waals surface area contributed by atoms with Crippen LogP contribution in [0.3, 0.4) is 0 Å². The Hall–Kier alpha value is -2.92. The van der Waals surface area contributed by atoms with Crippen LogP contribution in [0.25, 0.3) is 10.9 Å². The van der Waals surface area contributed by atoms with Crippen molar-refractivity contribution in [3.05, 3.63) is 76.4 Å². The fourth-order valence-corrected chi connectivity index (χ4v) is 2.61. The maximum absolute atomic E-state index is 12.0. The number of hydrogen-bond acceptors (Lipinski definition) is 4. The van der Waals surface area contributed by atoms with Gasteiger partial charge in [0.25, 0.3) is 5.91 Å². The summed E-state index contributed by atoms with van der Waals surface area (Å²) in [5.74, 6) is -0.873. The first-order chi connectivity index (χ1) is 12.5. The summed E-state index contributed by atoms with van der Waals surface area (Å²) >= 11 is 6.13. The van der Waals surface area contributed by atoms with E-state index in [1.54, 1.807) is 12.1 Å². The van der Waals surface area contributed by atoms with E-state index in [2.05, 4.69) is 10.3 Å². The predicted molar refractivity (Wildman–Crippen MR) is 100 cm³/mol. The highest BCUT2D eigenvalue weighted by atomic mass is 35.5. The molecular weight excluding hydrogens is 352 g/mol. The first-order valence-electron chi connectivity index (χ1n) is 8.07. The molecule has 132 valence electrons. The zero-order chi connectivity index (χ0) is 18.5. The van der Waals surface area contributed by atoms with Crippen LogP contribution in [0.5, 0.6) is 0 Å². The van der Waals surface area contributed by atoms with Crippen LogP contribution in [0.2, 0.25) is 5.15 Å². The van der Waals surface area contributed by atoms with Crippen LogP contribution < -0.4 is 5.32 Å². The molecule has 0 spiro atoms. The summed E-state index contributed by atoms with van der Waals surface area (Å²) in [6.45, 7) is 1.72. The molecule has 0 saturated carbocycles. The second kappa shape index (κ2) is 7.97. The Bertz CT molecular complexity index is 955. The molecule has 0 saturated heterocycles. The van der Waals surface area contributed by atoms with Crippen molar-refractivity contribution in [2.75, 3.05) is 6.54 Å². The van der Waals surface area contributed by atoms with Gasteiger partial charge in [-0.3, -0.25) is 9.59 Å². The standard InChI is InChI=1S/C20H17ClN2O3/c1-13-6-8-14(9-7-13)20(25)22-11-18(24)26-12-16-10-15-4-2-3-5-17(15)23-19(16)21/h2-10H,11-12H2,1H3,(H,22,25). The lowest BCUT2D eigenvalue weighted by atomic mass is 10.1. The fraction of sp³-hybridized carbons (Fsp3) is 0.150. The molecular formula is C20H17ClN2O3. The van der Waals surface area contributed by atoms with Gasteiger partial charge < -0.3 is 10.1 Å². The Kier molecular flexibility index (Phi) is 5.49. The highest BCUT2D eigenvalue weighted by molar-refractivity contribution is 6.30. The van der Waals surface area contributed by atoms with E-state index < -0.39 is 5.97 Å². The van der Waals surface area contributed by atoms with Gasteiger partial charge in [0.15, 0.2) is 0 Å². The lowest BCUT2D eigenvalue weighted by Gasteiger charge is -2.09. The molecule has 1 N–H and O–H groups in total. The largest absolute Gasteiger partial charge is 0.459 e. The summed E-state index contributed by atoms with van der Waals surface area (Å²) in [6.07, 6.45) is 0. The van der Waals surface area contributed by atoms with E-state index >= 15 is 0 Å². The Morgan fingerprint density at radius 3 is 2.62 bits per heavy atom. The molecule has 0 bridgehead atoms. The van der Waals surface area contributed by atoms with Gasteiger partial charge in [0.05, 0.1) is 5.52 Å². The molecule has 3 aromatic rings. The van der Waals surface area contributed by atoms with Crippen molar-refractivity contribution in [3.8, 4) is 0 Å². The highest BCUT2D eigenvalue weighted by Crippen LogP contribution is 2.21. The Morgan fingerprint density at radius 1 is 1.12 bits per heavy atom. The highest BCUT2D eigenvalue weighted by Gasteiger charge is 2.11. The Morgan fingerprint density at radius 2 is 1.85 bits per heavy atom. The summed E-state index contributed by atoms with van der Waals surface area (Å²) in [6, 6.07) is 16.5. The third-order valence-electron chi connectivity index (χ3n) is 3.85. The third kappa shape index (κ3) is 4.37. The second-order valence-corrected chi connectivity index (χ2v) is 6.20. The number of halogens is 1. The first-order valence-corrected chi connectivity index (χ1v) is 8.45. The van der Waals surface area contributed by atoms with Crippen LogP contribution in [0.15, 0.2) is 54.6 Å². The van der Waals surface area contributed by atoms with E-state index in [1.165, 1.54) is 0 Å². The summed E-state index contributed by atoms with van der Waals surface area (Å²) in [7, 11) is 0. The molecule has 3 rings (SSSR count). The van der Waals surface area contributed by atoms with Gasteiger partial charge in [-0.15, -0.1) is 0 Å². The predicted octanol–water partition coefficient (Wildman–Crippen LogP) is 3.67. The molecule has 1 amide bonds. The average molecular weight is 369 g/mol. The quantitative estimate of drug-likeness (QED) is 0.551. The van der Waals surface area contributed by atoms with Crippen LogP contribution in [-0.2, 0) is 16.1 Å². The molecule has 26 heavy (non-hydrogen) atoms. The van der Waals surface area contributed by atoms with E-state index in [-0.39, 0.29) is 19.1 Å². The third-order valence-corrected chi connectivity index (χ3v) is 4.17. The fourth-order valence-electron chi connectivity index (χ4n) is 2.41.